The summed E-state index contributed by atoms with van der Waals surface area (Å²) >= 11 is 7.31. The molecule has 1 aliphatic rings. The van der Waals surface area contributed by atoms with Gasteiger partial charge in [0.05, 0.1) is 4.32 Å². The molecule has 0 radical (unpaired) electrons. The normalized spacial score (nSPS) is 24.8. The van der Waals surface area contributed by atoms with E-state index in [9.17, 15) is 0 Å². The standard InChI is InChI=1S/C18H14Br2/c19-17-8-6-14(7-9-17)15-10-12-18(20,13-11-15)16-4-2-1-3-5-16/h1-13,15H. The Labute approximate surface area is 136 Å². The van der Waals surface area contributed by atoms with Crippen molar-refractivity contribution < 1.29 is 0 Å². The van der Waals surface area contributed by atoms with Gasteiger partial charge in [-0.15, -0.1) is 0 Å². The van der Waals surface area contributed by atoms with E-state index in [1.165, 1.54) is 11.1 Å². The topological polar surface area (TPSA) is 0 Å². The van der Waals surface area contributed by atoms with Gasteiger partial charge in [-0.2, -0.15) is 0 Å². The molecule has 0 N–H and O–H groups in total. The molecule has 0 spiro atoms. The second-order valence-electron chi connectivity index (χ2n) is 4.93. The first-order valence-electron chi connectivity index (χ1n) is 6.56. The molecule has 1 aliphatic carbocycles. The number of alkyl halides is 1. The summed E-state index contributed by atoms with van der Waals surface area (Å²) in [6.45, 7) is 0. The smallest absolute Gasteiger partial charge is 0.0752 e. The van der Waals surface area contributed by atoms with E-state index in [4.69, 9.17) is 0 Å². The summed E-state index contributed by atoms with van der Waals surface area (Å²) in [5, 5.41) is 0. The minimum Gasteiger partial charge on any atom is -0.0752 e. The first-order valence-corrected chi connectivity index (χ1v) is 8.15. The molecule has 0 saturated heterocycles. The lowest BCUT2D eigenvalue weighted by Gasteiger charge is -2.25. The maximum absolute atomic E-state index is 3.83. The largest absolute Gasteiger partial charge is 0.0866 e. The van der Waals surface area contributed by atoms with E-state index in [1.54, 1.807) is 0 Å². The maximum atomic E-state index is 3.83. The zero-order chi connectivity index (χ0) is 14.0. The van der Waals surface area contributed by atoms with Crippen LogP contribution in [0.1, 0.15) is 17.0 Å². The van der Waals surface area contributed by atoms with E-state index < -0.39 is 0 Å². The second-order valence-corrected chi connectivity index (χ2v) is 7.16. The van der Waals surface area contributed by atoms with Crippen molar-refractivity contribution in [2.75, 3.05) is 0 Å². The van der Waals surface area contributed by atoms with Crippen LogP contribution in [0.2, 0.25) is 0 Å². The zero-order valence-electron chi connectivity index (χ0n) is 10.8. The number of benzene rings is 2. The van der Waals surface area contributed by atoms with Crippen LogP contribution in [-0.2, 0) is 4.32 Å². The molecule has 2 aromatic rings. The minimum absolute atomic E-state index is 0.180. The van der Waals surface area contributed by atoms with Crippen molar-refractivity contribution in [2.45, 2.75) is 10.2 Å². The third-order valence-electron chi connectivity index (χ3n) is 3.56. The molecule has 0 heterocycles. The predicted molar refractivity (Wildman–Crippen MR) is 92.2 cm³/mol. The Hall–Kier alpha value is -1.12. The fourth-order valence-electron chi connectivity index (χ4n) is 2.40. The lowest BCUT2D eigenvalue weighted by atomic mass is 9.87. The Morgan fingerprint density at radius 1 is 0.800 bits per heavy atom. The molecule has 2 heteroatoms. The summed E-state index contributed by atoms with van der Waals surface area (Å²) in [6.07, 6.45) is 8.97. The lowest BCUT2D eigenvalue weighted by Crippen LogP contribution is -2.15. The van der Waals surface area contributed by atoms with Crippen molar-refractivity contribution in [3.05, 3.63) is 94.5 Å². The Balaban J connectivity index is 1.85. The summed E-state index contributed by atoms with van der Waals surface area (Å²) in [6, 6.07) is 19.0. The van der Waals surface area contributed by atoms with Gasteiger partial charge < -0.3 is 0 Å². The molecule has 0 bridgehead atoms. The predicted octanol–water partition coefficient (Wildman–Crippen LogP) is 5.95. The average molecular weight is 390 g/mol. The van der Waals surface area contributed by atoms with Gasteiger partial charge in [0.15, 0.2) is 0 Å². The molecule has 100 valence electrons. The fraction of sp³-hybridized carbons (Fsp3) is 0.111. The van der Waals surface area contributed by atoms with Crippen molar-refractivity contribution in [3.8, 4) is 0 Å². The number of allylic oxidation sites excluding steroid dienone is 4. The summed E-state index contributed by atoms with van der Waals surface area (Å²) in [4.78, 5) is 0. The van der Waals surface area contributed by atoms with E-state index in [-0.39, 0.29) is 4.32 Å². The molecule has 0 amide bonds. The van der Waals surface area contributed by atoms with Crippen LogP contribution in [0.4, 0.5) is 0 Å². The van der Waals surface area contributed by atoms with Gasteiger partial charge in [0, 0.05) is 10.4 Å². The van der Waals surface area contributed by atoms with Crippen LogP contribution < -0.4 is 0 Å². The Morgan fingerprint density at radius 2 is 1.40 bits per heavy atom. The summed E-state index contributed by atoms with van der Waals surface area (Å²) in [7, 11) is 0. The SMILES string of the molecule is Brc1ccc(C2C=CC(Br)(c3ccccc3)C=C2)cc1. The first kappa shape index (κ1) is 13.8. The summed E-state index contributed by atoms with van der Waals surface area (Å²) in [5.74, 6) is 0.345. The Morgan fingerprint density at radius 3 is 2.00 bits per heavy atom. The third-order valence-corrected chi connectivity index (χ3v) is 5.08. The third kappa shape index (κ3) is 2.82. The van der Waals surface area contributed by atoms with Gasteiger partial charge in [-0.05, 0) is 23.3 Å². The molecule has 2 aromatic carbocycles. The number of hydrogen-bond acceptors (Lipinski definition) is 0. The minimum atomic E-state index is -0.180. The average Bonchev–Trinajstić information content (AvgIpc) is 2.50. The molecule has 0 fully saturated rings. The number of rotatable bonds is 2. The lowest BCUT2D eigenvalue weighted by molar-refractivity contribution is 0.928. The summed E-state index contributed by atoms with van der Waals surface area (Å²) < 4.78 is 0.935. The van der Waals surface area contributed by atoms with E-state index >= 15 is 0 Å². The monoisotopic (exact) mass is 388 g/mol. The van der Waals surface area contributed by atoms with Gasteiger partial charge in [-0.1, -0.05) is 98.6 Å². The van der Waals surface area contributed by atoms with Crippen molar-refractivity contribution in [1.82, 2.24) is 0 Å². The van der Waals surface area contributed by atoms with Crippen LogP contribution in [0.25, 0.3) is 0 Å². The highest BCUT2D eigenvalue weighted by Crippen LogP contribution is 2.39. The number of hydrogen-bond donors (Lipinski definition) is 0. The van der Waals surface area contributed by atoms with Gasteiger partial charge >= 0.3 is 0 Å². The van der Waals surface area contributed by atoms with Crippen molar-refractivity contribution in [1.29, 1.82) is 0 Å². The van der Waals surface area contributed by atoms with E-state index in [1.807, 2.05) is 6.07 Å². The maximum Gasteiger partial charge on any atom is 0.0866 e. The highest BCUT2D eigenvalue weighted by atomic mass is 79.9. The van der Waals surface area contributed by atoms with Gasteiger partial charge in [0.25, 0.3) is 0 Å². The van der Waals surface area contributed by atoms with E-state index in [0.29, 0.717) is 5.92 Å². The Bertz CT molecular complexity index is 625. The fourth-order valence-corrected chi connectivity index (χ4v) is 3.23. The van der Waals surface area contributed by atoms with Crippen LogP contribution in [0.3, 0.4) is 0 Å². The highest BCUT2D eigenvalue weighted by molar-refractivity contribution is 9.10. The molecule has 0 unspecified atom stereocenters. The molecule has 0 nitrogen and oxygen atoms in total. The molecule has 3 rings (SSSR count). The van der Waals surface area contributed by atoms with Crippen molar-refractivity contribution in [3.63, 3.8) is 0 Å². The van der Waals surface area contributed by atoms with Crippen LogP contribution >= 0.6 is 31.9 Å². The molecule has 0 aliphatic heterocycles. The highest BCUT2D eigenvalue weighted by Gasteiger charge is 2.25. The molecule has 20 heavy (non-hydrogen) atoms. The molecule has 0 atom stereocenters. The van der Waals surface area contributed by atoms with Gasteiger partial charge in [-0.3, -0.25) is 0 Å². The van der Waals surface area contributed by atoms with Gasteiger partial charge in [0.1, 0.15) is 0 Å². The van der Waals surface area contributed by atoms with E-state index in [0.717, 1.165) is 4.47 Å². The van der Waals surface area contributed by atoms with Crippen molar-refractivity contribution >= 4 is 31.9 Å². The van der Waals surface area contributed by atoms with Crippen LogP contribution in [0.15, 0.2) is 83.4 Å². The van der Waals surface area contributed by atoms with E-state index in [2.05, 4.69) is 105 Å². The quantitative estimate of drug-likeness (QED) is 0.439. The first-order chi connectivity index (χ1) is 9.67. The molecule has 0 aromatic heterocycles. The molecular weight excluding hydrogens is 376 g/mol. The Kier molecular flexibility index (Phi) is 3.95. The van der Waals surface area contributed by atoms with Crippen LogP contribution in [0.5, 0.6) is 0 Å². The van der Waals surface area contributed by atoms with Crippen molar-refractivity contribution in [2.24, 2.45) is 0 Å². The molecular formula is C18H14Br2. The van der Waals surface area contributed by atoms with Gasteiger partial charge in [0.2, 0.25) is 0 Å². The summed E-state index contributed by atoms with van der Waals surface area (Å²) in [5.41, 5.74) is 2.56. The molecule has 0 saturated carbocycles. The van der Waals surface area contributed by atoms with Crippen LogP contribution in [-0.4, -0.2) is 0 Å². The van der Waals surface area contributed by atoms with Gasteiger partial charge in [-0.25, -0.2) is 0 Å². The van der Waals surface area contributed by atoms with Crippen LogP contribution in [0, 0.1) is 0 Å². The zero-order valence-corrected chi connectivity index (χ0v) is 14.0. The number of halogens is 2. The second kappa shape index (κ2) is 5.71.